The second kappa shape index (κ2) is 12.9. The second-order valence-corrected chi connectivity index (χ2v) is 12.8. The van der Waals surface area contributed by atoms with Gasteiger partial charge in [0, 0.05) is 48.4 Å². The van der Waals surface area contributed by atoms with Gasteiger partial charge in [0.25, 0.3) is 5.91 Å². The lowest BCUT2D eigenvalue weighted by molar-refractivity contribution is -0.136. The molecule has 4 amide bonds. The van der Waals surface area contributed by atoms with Crippen LogP contribution in [-0.4, -0.2) is 72.2 Å². The summed E-state index contributed by atoms with van der Waals surface area (Å²) in [6, 6.07) is 5.54. The quantitative estimate of drug-likeness (QED) is 0.366. The molecule has 0 bridgehead atoms. The molecule has 10 nitrogen and oxygen atoms in total. The minimum absolute atomic E-state index is 0.0633. The van der Waals surface area contributed by atoms with Crippen LogP contribution in [0.2, 0.25) is 0 Å². The topological polar surface area (TPSA) is 117 Å². The van der Waals surface area contributed by atoms with Gasteiger partial charge in [-0.15, -0.1) is 0 Å². The van der Waals surface area contributed by atoms with Gasteiger partial charge < -0.3 is 24.6 Å². The van der Waals surface area contributed by atoms with Crippen LogP contribution in [0.1, 0.15) is 94.5 Å². The first-order valence-corrected chi connectivity index (χ1v) is 15.4. The normalized spacial score (nSPS) is 24.6. The molecule has 1 atom stereocenters. The van der Waals surface area contributed by atoms with Crippen LogP contribution in [0.15, 0.2) is 29.8 Å². The van der Waals surface area contributed by atoms with Gasteiger partial charge in [-0.1, -0.05) is 17.7 Å². The monoisotopic (exact) mass is 580 g/mol. The maximum absolute atomic E-state index is 13.5. The van der Waals surface area contributed by atoms with E-state index in [0.29, 0.717) is 18.5 Å². The summed E-state index contributed by atoms with van der Waals surface area (Å²) in [6.07, 6.45) is 8.86. The highest BCUT2D eigenvalue weighted by Gasteiger charge is 2.41. The second-order valence-electron chi connectivity index (χ2n) is 12.8. The summed E-state index contributed by atoms with van der Waals surface area (Å²) in [5.41, 5.74) is 3.50. The highest BCUT2D eigenvalue weighted by molar-refractivity contribution is 6.06. The molecule has 2 N–H and O–H groups in total. The zero-order valence-electron chi connectivity index (χ0n) is 25.1. The number of benzene rings is 1. The van der Waals surface area contributed by atoms with Crippen molar-refractivity contribution >= 4 is 29.5 Å². The number of ether oxygens (including phenoxy) is 2. The standard InChI is InChI=1S/C32H44N4O6/c1-32(2,3)42-31(40)33-22-9-11-23(12-10-22)35(17-5-6-21-15-18-41-19-16-21)26-8-4-7-24-25(26)20-36(30(24)39)27-13-14-28(37)34-29(27)38/h4,6-8,22-23,27H,5,9-20H2,1-3H3,(H,33,40)(H,34,37,38). The zero-order valence-corrected chi connectivity index (χ0v) is 25.1. The lowest BCUT2D eigenvalue weighted by Crippen LogP contribution is -2.52. The number of alkyl carbamates (subject to hydrolysis) is 1. The van der Waals surface area contributed by atoms with Crippen molar-refractivity contribution in [1.82, 2.24) is 15.5 Å². The molecule has 1 saturated carbocycles. The predicted octanol–water partition coefficient (Wildman–Crippen LogP) is 4.22. The van der Waals surface area contributed by atoms with E-state index in [0.717, 1.165) is 76.0 Å². The first-order chi connectivity index (χ1) is 20.1. The summed E-state index contributed by atoms with van der Waals surface area (Å²) < 4.78 is 11.0. The largest absolute Gasteiger partial charge is 0.444 e. The number of rotatable bonds is 7. The highest BCUT2D eigenvalue weighted by atomic mass is 16.6. The lowest BCUT2D eigenvalue weighted by atomic mass is 9.89. The van der Waals surface area contributed by atoms with Gasteiger partial charge in [0.1, 0.15) is 11.6 Å². The van der Waals surface area contributed by atoms with Gasteiger partial charge in [-0.2, -0.15) is 0 Å². The Hall–Kier alpha value is -3.40. The van der Waals surface area contributed by atoms with Gasteiger partial charge in [0.05, 0.1) is 13.2 Å². The maximum Gasteiger partial charge on any atom is 0.407 e. The zero-order chi connectivity index (χ0) is 29.9. The van der Waals surface area contributed by atoms with E-state index < -0.39 is 17.6 Å². The van der Waals surface area contributed by atoms with E-state index in [1.165, 1.54) is 5.57 Å². The molecule has 1 aromatic carbocycles. The Morgan fingerprint density at radius 1 is 1.10 bits per heavy atom. The number of piperidine rings is 1. The van der Waals surface area contributed by atoms with Crippen molar-refractivity contribution in [3.05, 3.63) is 41.0 Å². The number of carbonyl (C=O) groups excluding carboxylic acids is 4. The van der Waals surface area contributed by atoms with Gasteiger partial charge in [0.2, 0.25) is 11.8 Å². The fourth-order valence-electron chi connectivity index (χ4n) is 6.59. The molecule has 4 aliphatic rings. The Kier molecular flexibility index (Phi) is 9.20. The van der Waals surface area contributed by atoms with Gasteiger partial charge in [-0.05, 0) is 84.3 Å². The first-order valence-electron chi connectivity index (χ1n) is 15.4. The van der Waals surface area contributed by atoms with Crippen molar-refractivity contribution in [3.8, 4) is 0 Å². The molecule has 10 heteroatoms. The number of carbonyl (C=O) groups is 4. The Morgan fingerprint density at radius 2 is 1.83 bits per heavy atom. The summed E-state index contributed by atoms with van der Waals surface area (Å²) in [4.78, 5) is 54.3. The van der Waals surface area contributed by atoms with Crippen LogP contribution in [0.3, 0.4) is 0 Å². The van der Waals surface area contributed by atoms with Gasteiger partial charge in [-0.25, -0.2) is 4.79 Å². The Balaban J connectivity index is 1.33. The van der Waals surface area contributed by atoms with E-state index in [4.69, 9.17) is 9.47 Å². The molecule has 3 aliphatic heterocycles. The molecule has 228 valence electrons. The average molecular weight is 581 g/mol. The van der Waals surface area contributed by atoms with E-state index in [1.54, 1.807) is 4.90 Å². The third kappa shape index (κ3) is 7.14. The molecule has 42 heavy (non-hydrogen) atoms. The summed E-state index contributed by atoms with van der Waals surface area (Å²) in [5.74, 6) is -0.844. The Bertz CT molecular complexity index is 1220. The van der Waals surface area contributed by atoms with Gasteiger partial charge >= 0.3 is 6.09 Å². The Labute approximate surface area is 248 Å². The van der Waals surface area contributed by atoms with Crippen LogP contribution in [0.25, 0.3) is 0 Å². The molecule has 0 spiro atoms. The number of fused-ring (bicyclic) bond motifs is 1. The third-order valence-corrected chi connectivity index (χ3v) is 8.66. The predicted molar refractivity (Wildman–Crippen MR) is 158 cm³/mol. The van der Waals surface area contributed by atoms with Crippen LogP contribution in [-0.2, 0) is 25.6 Å². The molecule has 1 aliphatic carbocycles. The van der Waals surface area contributed by atoms with E-state index in [1.807, 2.05) is 32.9 Å². The lowest BCUT2D eigenvalue weighted by Gasteiger charge is -2.39. The Morgan fingerprint density at radius 3 is 2.52 bits per heavy atom. The van der Waals surface area contributed by atoms with Crippen molar-refractivity contribution in [2.75, 3.05) is 24.7 Å². The van der Waals surface area contributed by atoms with Crippen LogP contribution in [0, 0.1) is 0 Å². The van der Waals surface area contributed by atoms with Crippen molar-refractivity contribution in [3.63, 3.8) is 0 Å². The van der Waals surface area contributed by atoms with Crippen LogP contribution in [0.5, 0.6) is 0 Å². The number of anilines is 1. The van der Waals surface area contributed by atoms with E-state index in [2.05, 4.69) is 27.7 Å². The summed E-state index contributed by atoms with van der Waals surface area (Å²) in [5, 5.41) is 5.44. The highest BCUT2D eigenvalue weighted by Crippen LogP contribution is 2.37. The fraction of sp³-hybridized carbons (Fsp3) is 0.625. The summed E-state index contributed by atoms with van der Waals surface area (Å²) >= 11 is 0. The van der Waals surface area contributed by atoms with Crippen LogP contribution < -0.4 is 15.5 Å². The average Bonchev–Trinajstić information content (AvgIpc) is 3.27. The minimum Gasteiger partial charge on any atom is -0.444 e. The molecule has 5 rings (SSSR count). The summed E-state index contributed by atoms with van der Waals surface area (Å²) in [6.45, 7) is 8.29. The number of nitrogens with one attached hydrogen (secondary N) is 2. The van der Waals surface area contributed by atoms with Crippen molar-refractivity contribution in [1.29, 1.82) is 0 Å². The molecule has 2 saturated heterocycles. The number of imide groups is 1. The minimum atomic E-state index is -0.642. The van der Waals surface area contributed by atoms with Crippen LogP contribution >= 0.6 is 0 Å². The molecule has 1 aromatic rings. The fourth-order valence-corrected chi connectivity index (χ4v) is 6.59. The third-order valence-electron chi connectivity index (χ3n) is 8.66. The van der Waals surface area contributed by atoms with Crippen molar-refractivity contribution in [2.45, 2.75) is 109 Å². The maximum atomic E-state index is 13.5. The molecular weight excluding hydrogens is 536 g/mol. The smallest absolute Gasteiger partial charge is 0.407 e. The molecule has 3 fully saturated rings. The molecule has 3 heterocycles. The van der Waals surface area contributed by atoms with Crippen LogP contribution in [0.4, 0.5) is 10.5 Å². The van der Waals surface area contributed by atoms with E-state index in [9.17, 15) is 19.2 Å². The number of amides is 4. The number of hydrogen-bond donors (Lipinski definition) is 2. The van der Waals surface area contributed by atoms with E-state index in [-0.39, 0.29) is 36.4 Å². The molecule has 1 unspecified atom stereocenters. The molecular formula is C32H44N4O6. The molecule has 0 radical (unpaired) electrons. The van der Waals surface area contributed by atoms with Crippen molar-refractivity contribution < 1.29 is 28.7 Å². The number of nitrogens with zero attached hydrogens (tertiary/aromatic N) is 2. The first kappa shape index (κ1) is 30.1. The van der Waals surface area contributed by atoms with E-state index >= 15 is 0 Å². The SMILES string of the molecule is CC(C)(C)OC(=O)NC1CCC(N(CCC=C2CCOCC2)c2cccc3c2CN(C2CCC(=O)NC2=O)C3=O)CC1. The van der Waals surface area contributed by atoms with Gasteiger partial charge in [0.15, 0.2) is 0 Å². The molecule has 0 aromatic heterocycles. The summed E-state index contributed by atoms with van der Waals surface area (Å²) in [7, 11) is 0. The van der Waals surface area contributed by atoms with Crippen molar-refractivity contribution in [2.24, 2.45) is 0 Å². The number of hydrogen-bond acceptors (Lipinski definition) is 7. The van der Waals surface area contributed by atoms with Gasteiger partial charge in [-0.3, -0.25) is 19.7 Å².